The molecule has 19 heavy (non-hydrogen) atoms. The molecule has 106 valence electrons. The van der Waals surface area contributed by atoms with Gasteiger partial charge in [0, 0.05) is 6.04 Å². The molecule has 2 fully saturated rings. The molecule has 0 spiro atoms. The Hall–Kier alpha value is -0.550. The van der Waals surface area contributed by atoms with Crippen LogP contribution in [0.25, 0.3) is 0 Å². The predicted molar refractivity (Wildman–Crippen MR) is 77.1 cm³/mol. The van der Waals surface area contributed by atoms with Crippen molar-refractivity contribution >= 4 is 11.8 Å². The fourth-order valence-electron chi connectivity index (χ4n) is 3.12. The molecule has 1 aliphatic carbocycles. The second kappa shape index (κ2) is 6.27. The van der Waals surface area contributed by atoms with Crippen LogP contribution >= 0.6 is 11.8 Å². The number of hydrogen-bond acceptors (Lipinski definition) is 5. The van der Waals surface area contributed by atoms with Crippen molar-refractivity contribution in [3.8, 4) is 0 Å². The minimum atomic E-state index is 0.190. The first-order valence-electron chi connectivity index (χ1n) is 7.55. The lowest BCUT2D eigenvalue weighted by Gasteiger charge is -2.18. The van der Waals surface area contributed by atoms with Gasteiger partial charge in [0.2, 0.25) is 5.89 Å². The SMILES string of the molecule is NC1CCCCCC1c1nc(C2CCCCS2)no1. The maximum atomic E-state index is 6.27. The van der Waals surface area contributed by atoms with Crippen LogP contribution in [0, 0.1) is 0 Å². The molecule has 4 nitrogen and oxygen atoms in total. The van der Waals surface area contributed by atoms with E-state index in [9.17, 15) is 0 Å². The standard InChI is InChI=1S/C14H23N3OS/c15-11-7-3-1-2-6-10(11)14-16-13(17-18-14)12-8-4-5-9-19-12/h10-12H,1-9,15H2. The quantitative estimate of drug-likeness (QED) is 0.842. The third-order valence-electron chi connectivity index (χ3n) is 4.31. The molecule has 3 atom stereocenters. The zero-order valence-electron chi connectivity index (χ0n) is 11.4. The van der Waals surface area contributed by atoms with Gasteiger partial charge < -0.3 is 10.3 Å². The molecule has 0 amide bonds. The van der Waals surface area contributed by atoms with Crippen molar-refractivity contribution < 1.29 is 4.52 Å². The fourth-order valence-corrected chi connectivity index (χ4v) is 4.35. The molecule has 0 bridgehead atoms. The molecule has 1 saturated heterocycles. The van der Waals surface area contributed by atoms with Crippen LogP contribution in [-0.2, 0) is 0 Å². The van der Waals surface area contributed by atoms with Gasteiger partial charge in [-0.15, -0.1) is 0 Å². The van der Waals surface area contributed by atoms with Crippen LogP contribution < -0.4 is 5.73 Å². The second-order valence-corrected chi connectivity index (χ2v) is 7.07. The Labute approximate surface area is 118 Å². The Kier molecular flexibility index (Phi) is 4.43. The van der Waals surface area contributed by atoms with Crippen LogP contribution in [-0.4, -0.2) is 21.9 Å². The summed E-state index contributed by atoms with van der Waals surface area (Å²) in [5.41, 5.74) is 6.27. The van der Waals surface area contributed by atoms with E-state index in [4.69, 9.17) is 10.3 Å². The van der Waals surface area contributed by atoms with Crippen molar-refractivity contribution in [2.75, 3.05) is 5.75 Å². The lowest BCUT2D eigenvalue weighted by Crippen LogP contribution is -2.27. The molecule has 0 radical (unpaired) electrons. The zero-order valence-corrected chi connectivity index (χ0v) is 12.2. The highest BCUT2D eigenvalue weighted by Gasteiger charge is 2.29. The Bertz CT molecular complexity index is 403. The maximum absolute atomic E-state index is 6.27. The van der Waals surface area contributed by atoms with Crippen LogP contribution in [0.5, 0.6) is 0 Å². The largest absolute Gasteiger partial charge is 0.339 e. The van der Waals surface area contributed by atoms with Gasteiger partial charge in [-0.25, -0.2) is 0 Å². The van der Waals surface area contributed by atoms with Gasteiger partial charge in [-0.1, -0.05) is 30.8 Å². The van der Waals surface area contributed by atoms with E-state index in [0.29, 0.717) is 5.25 Å². The van der Waals surface area contributed by atoms with Crippen molar-refractivity contribution in [1.29, 1.82) is 0 Å². The van der Waals surface area contributed by atoms with Crippen molar-refractivity contribution in [2.24, 2.45) is 5.73 Å². The van der Waals surface area contributed by atoms with Gasteiger partial charge in [-0.3, -0.25) is 0 Å². The van der Waals surface area contributed by atoms with Crippen LogP contribution in [0.2, 0.25) is 0 Å². The Morgan fingerprint density at radius 3 is 2.74 bits per heavy atom. The minimum absolute atomic E-state index is 0.190. The number of hydrogen-bond donors (Lipinski definition) is 1. The van der Waals surface area contributed by atoms with Crippen LogP contribution in [0.1, 0.15) is 74.2 Å². The average Bonchev–Trinajstić information content (AvgIpc) is 2.83. The summed E-state index contributed by atoms with van der Waals surface area (Å²) in [6.45, 7) is 0. The molecule has 1 aromatic rings. The average molecular weight is 281 g/mol. The van der Waals surface area contributed by atoms with Gasteiger partial charge >= 0.3 is 0 Å². The maximum Gasteiger partial charge on any atom is 0.231 e. The summed E-state index contributed by atoms with van der Waals surface area (Å²) in [6.07, 6.45) is 9.71. The van der Waals surface area contributed by atoms with E-state index in [-0.39, 0.29) is 12.0 Å². The lowest BCUT2D eigenvalue weighted by atomic mass is 9.95. The smallest absolute Gasteiger partial charge is 0.231 e. The number of nitrogens with zero attached hydrogens (tertiary/aromatic N) is 2. The van der Waals surface area contributed by atoms with Crippen molar-refractivity contribution in [2.45, 2.75) is 68.6 Å². The highest BCUT2D eigenvalue weighted by atomic mass is 32.2. The first-order valence-corrected chi connectivity index (χ1v) is 8.60. The van der Waals surface area contributed by atoms with Gasteiger partial charge in [0.1, 0.15) is 0 Å². The van der Waals surface area contributed by atoms with Gasteiger partial charge in [-0.05, 0) is 31.4 Å². The van der Waals surface area contributed by atoms with Crippen LogP contribution in [0.3, 0.4) is 0 Å². The molecular formula is C14H23N3OS. The van der Waals surface area contributed by atoms with Crippen LogP contribution in [0.4, 0.5) is 0 Å². The summed E-state index contributed by atoms with van der Waals surface area (Å²) in [5.74, 6) is 3.18. The predicted octanol–water partition coefficient (Wildman–Crippen LogP) is 3.40. The molecule has 2 aliphatic rings. The summed E-state index contributed by atoms with van der Waals surface area (Å²) in [5, 5.41) is 4.66. The normalized spacial score (nSPS) is 33.0. The van der Waals surface area contributed by atoms with Crippen molar-refractivity contribution in [3.05, 3.63) is 11.7 Å². The number of rotatable bonds is 2. The van der Waals surface area contributed by atoms with E-state index >= 15 is 0 Å². The highest BCUT2D eigenvalue weighted by Crippen LogP contribution is 2.38. The molecule has 3 unspecified atom stereocenters. The monoisotopic (exact) mass is 281 g/mol. The summed E-state index contributed by atoms with van der Waals surface area (Å²) in [7, 11) is 0. The summed E-state index contributed by atoms with van der Waals surface area (Å²) < 4.78 is 5.53. The molecule has 3 rings (SSSR count). The van der Waals surface area contributed by atoms with Crippen molar-refractivity contribution in [3.63, 3.8) is 0 Å². The third kappa shape index (κ3) is 3.14. The van der Waals surface area contributed by atoms with E-state index in [0.717, 1.165) is 24.6 Å². The Morgan fingerprint density at radius 2 is 1.89 bits per heavy atom. The van der Waals surface area contributed by atoms with E-state index < -0.39 is 0 Å². The second-order valence-electron chi connectivity index (χ2n) is 5.75. The summed E-state index contributed by atoms with van der Waals surface area (Å²) >= 11 is 1.96. The van der Waals surface area contributed by atoms with Gasteiger partial charge in [0.15, 0.2) is 5.82 Å². The molecule has 2 N–H and O–H groups in total. The van der Waals surface area contributed by atoms with Crippen molar-refractivity contribution in [1.82, 2.24) is 10.1 Å². The molecular weight excluding hydrogens is 258 g/mol. The molecule has 1 saturated carbocycles. The molecule has 1 aromatic heterocycles. The minimum Gasteiger partial charge on any atom is -0.339 e. The number of nitrogens with two attached hydrogens (primary N) is 1. The molecule has 1 aliphatic heterocycles. The summed E-state index contributed by atoms with van der Waals surface area (Å²) in [4.78, 5) is 4.67. The topological polar surface area (TPSA) is 64.9 Å². The summed E-state index contributed by atoms with van der Waals surface area (Å²) in [6, 6.07) is 0.190. The first kappa shape index (κ1) is 13.4. The highest BCUT2D eigenvalue weighted by molar-refractivity contribution is 7.99. The first-order chi connectivity index (χ1) is 9.34. The van der Waals surface area contributed by atoms with E-state index in [2.05, 4.69) is 10.1 Å². The molecule has 2 heterocycles. The zero-order chi connectivity index (χ0) is 13.1. The van der Waals surface area contributed by atoms with E-state index in [1.165, 1.54) is 44.3 Å². The van der Waals surface area contributed by atoms with E-state index in [1.807, 2.05) is 11.8 Å². The number of aromatic nitrogens is 2. The fraction of sp³-hybridized carbons (Fsp3) is 0.857. The lowest BCUT2D eigenvalue weighted by molar-refractivity contribution is 0.322. The Balaban J connectivity index is 1.72. The molecule has 5 heteroatoms. The third-order valence-corrected chi connectivity index (χ3v) is 5.68. The Morgan fingerprint density at radius 1 is 1.05 bits per heavy atom. The van der Waals surface area contributed by atoms with Gasteiger partial charge in [0.25, 0.3) is 0 Å². The van der Waals surface area contributed by atoms with E-state index in [1.54, 1.807) is 0 Å². The van der Waals surface area contributed by atoms with Crippen LogP contribution in [0.15, 0.2) is 4.52 Å². The van der Waals surface area contributed by atoms with Gasteiger partial charge in [0.05, 0.1) is 11.2 Å². The molecule has 0 aromatic carbocycles. The number of thioether (sulfide) groups is 1. The van der Waals surface area contributed by atoms with Gasteiger partial charge in [-0.2, -0.15) is 16.7 Å².